The lowest BCUT2D eigenvalue weighted by molar-refractivity contribution is 0.666. The van der Waals surface area contributed by atoms with Crippen LogP contribution in [0.15, 0.2) is 195 Å². The molecule has 266 valence electrons. The van der Waals surface area contributed by atoms with Gasteiger partial charge in [-0.1, -0.05) is 103 Å². The Morgan fingerprint density at radius 3 is 1.58 bits per heavy atom. The molecular weight excluding hydrogens is 701 g/mol. The fourth-order valence-corrected chi connectivity index (χ4v) is 9.31. The van der Waals surface area contributed by atoms with Crippen LogP contribution in [0.3, 0.4) is 0 Å². The highest BCUT2D eigenvalue weighted by atomic mass is 16.3. The normalized spacial score (nSPS) is 12.2. The summed E-state index contributed by atoms with van der Waals surface area (Å²) in [6.45, 7) is 0. The van der Waals surface area contributed by atoms with E-state index in [-0.39, 0.29) is 0 Å². The van der Waals surface area contributed by atoms with Crippen molar-refractivity contribution in [3.63, 3.8) is 0 Å². The van der Waals surface area contributed by atoms with Gasteiger partial charge in [-0.25, -0.2) is 0 Å². The van der Waals surface area contributed by atoms with Gasteiger partial charge in [0.05, 0.1) is 11.0 Å². The molecule has 8 aromatic carbocycles. The molecule has 0 spiro atoms. The summed E-state index contributed by atoms with van der Waals surface area (Å²) in [7, 11) is 0. The Kier molecular flexibility index (Phi) is 6.10. The Labute approximate surface area is 324 Å². The van der Waals surface area contributed by atoms with Crippen LogP contribution in [-0.2, 0) is 0 Å². The van der Waals surface area contributed by atoms with Crippen LogP contribution < -0.4 is 0 Å². The highest BCUT2D eigenvalue weighted by Crippen LogP contribution is 2.47. The van der Waals surface area contributed by atoms with E-state index in [0.717, 1.165) is 122 Å². The van der Waals surface area contributed by atoms with Gasteiger partial charge in [-0.3, -0.25) is 0 Å². The fraction of sp³-hybridized carbons (Fsp3) is 0. The lowest BCUT2D eigenvalue weighted by Gasteiger charge is -2.10. The Morgan fingerprint density at radius 2 is 0.860 bits per heavy atom. The molecule has 5 nitrogen and oxygen atoms in total. The Morgan fingerprint density at radius 1 is 0.316 bits per heavy atom. The van der Waals surface area contributed by atoms with Crippen molar-refractivity contribution in [2.45, 2.75) is 0 Å². The zero-order valence-electron chi connectivity index (χ0n) is 30.4. The van der Waals surface area contributed by atoms with E-state index < -0.39 is 0 Å². The maximum atomic E-state index is 6.96. The highest BCUT2D eigenvalue weighted by molar-refractivity contribution is 6.22. The van der Waals surface area contributed by atoms with Crippen molar-refractivity contribution < 1.29 is 13.3 Å². The molecule has 0 aliphatic carbocycles. The molecule has 0 atom stereocenters. The monoisotopic (exact) mass is 730 g/mol. The van der Waals surface area contributed by atoms with Crippen LogP contribution >= 0.6 is 0 Å². The Hall–Kier alpha value is -7.76. The van der Waals surface area contributed by atoms with Gasteiger partial charge in [-0.2, -0.15) is 0 Å². The number of furan rings is 3. The molecule has 0 aliphatic heterocycles. The number of aromatic nitrogens is 2. The van der Waals surface area contributed by atoms with Gasteiger partial charge >= 0.3 is 0 Å². The lowest BCUT2D eigenvalue weighted by atomic mass is 9.94. The summed E-state index contributed by atoms with van der Waals surface area (Å²) < 4.78 is 25.2. The minimum absolute atomic E-state index is 0.823. The third-order valence-electron chi connectivity index (χ3n) is 11.7. The predicted octanol–water partition coefficient (Wildman–Crippen LogP) is 14.6. The van der Waals surface area contributed by atoms with E-state index in [2.05, 4.69) is 185 Å². The number of nitrogens with zero attached hydrogens (tertiary/aromatic N) is 2. The molecule has 0 bridgehead atoms. The number of hydrogen-bond acceptors (Lipinski definition) is 3. The van der Waals surface area contributed by atoms with Crippen molar-refractivity contribution in [3.05, 3.63) is 182 Å². The van der Waals surface area contributed by atoms with Gasteiger partial charge in [0.1, 0.15) is 33.4 Å². The summed E-state index contributed by atoms with van der Waals surface area (Å²) in [4.78, 5) is 0. The summed E-state index contributed by atoms with van der Waals surface area (Å²) in [6, 6.07) is 63.8. The zero-order valence-corrected chi connectivity index (χ0v) is 30.4. The van der Waals surface area contributed by atoms with Gasteiger partial charge in [-0.15, -0.1) is 0 Å². The van der Waals surface area contributed by atoms with Crippen LogP contribution in [0, 0.1) is 0 Å². The fourth-order valence-electron chi connectivity index (χ4n) is 9.31. The SMILES string of the molecule is c1ccc(-n2c3ccccc3c3oc4cc(-c5ccc(-c6cccc7c6oc6c8ccccc8n(-c8ccccc8)c76)c6oc7ccccc7c56)ccc4c32)cc1. The number of rotatable bonds is 4. The van der Waals surface area contributed by atoms with E-state index in [0.29, 0.717) is 0 Å². The van der Waals surface area contributed by atoms with Gasteiger partial charge < -0.3 is 22.4 Å². The van der Waals surface area contributed by atoms with E-state index in [1.165, 1.54) is 0 Å². The first-order valence-corrected chi connectivity index (χ1v) is 19.3. The van der Waals surface area contributed by atoms with Crippen molar-refractivity contribution >= 4 is 87.9 Å². The molecule has 0 fully saturated rings. The number of para-hydroxylation sites is 6. The number of hydrogen-bond donors (Lipinski definition) is 0. The molecule has 0 saturated heterocycles. The highest BCUT2D eigenvalue weighted by Gasteiger charge is 2.25. The molecule has 0 aliphatic rings. The van der Waals surface area contributed by atoms with E-state index >= 15 is 0 Å². The van der Waals surface area contributed by atoms with Crippen LogP contribution in [0.1, 0.15) is 0 Å². The molecule has 13 aromatic rings. The molecule has 5 aromatic heterocycles. The van der Waals surface area contributed by atoms with Gasteiger partial charge in [0.15, 0.2) is 11.2 Å². The molecule has 13 rings (SSSR count). The Balaban J connectivity index is 1.05. The number of fused-ring (bicyclic) bond motifs is 13. The van der Waals surface area contributed by atoms with Gasteiger partial charge in [0, 0.05) is 54.8 Å². The topological polar surface area (TPSA) is 49.3 Å². The molecule has 0 N–H and O–H groups in total. The second-order valence-corrected chi connectivity index (χ2v) is 14.8. The average Bonchev–Trinajstić information content (AvgIpc) is 4.08. The second kappa shape index (κ2) is 11.4. The minimum Gasteiger partial charge on any atom is -0.455 e. The smallest absolute Gasteiger partial charge is 0.161 e. The number of benzene rings is 8. The minimum atomic E-state index is 0.823. The third kappa shape index (κ3) is 4.17. The van der Waals surface area contributed by atoms with Crippen LogP contribution in [-0.4, -0.2) is 9.13 Å². The first-order valence-electron chi connectivity index (χ1n) is 19.3. The predicted molar refractivity (Wildman–Crippen MR) is 233 cm³/mol. The molecule has 0 amide bonds. The van der Waals surface area contributed by atoms with Crippen molar-refractivity contribution in [2.24, 2.45) is 0 Å². The van der Waals surface area contributed by atoms with E-state index in [1.807, 2.05) is 6.07 Å². The Bertz CT molecular complexity index is 3740. The second-order valence-electron chi connectivity index (χ2n) is 14.8. The molecule has 5 heterocycles. The molecule has 0 saturated carbocycles. The molecule has 0 unspecified atom stereocenters. The summed E-state index contributed by atoms with van der Waals surface area (Å²) in [6.07, 6.45) is 0. The van der Waals surface area contributed by atoms with E-state index in [9.17, 15) is 0 Å². The summed E-state index contributed by atoms with van der Waals surface area (Å²) >= 11 is 0. The first kappa shape index (κ1) is 30.6. The zero-order chi connectivity index (χ0) is 37.2. The van der Waals surface area contributed by atoms with Crippen molar-refractivity contribution in [1.82, 2.24) is 9.13 Å². The first-order chi connectivity index (χ1) is 28.3. The van der Waals surface area contributed by atoms with Crippen LogP contribution in [0.2, 0.25) is 0 Å². The van der Waals surface area contributed by atoms with Crippen molar-refractivity contribution in [1.29, 1.82) is 0 Å². The summed E-state index contributed by atoms with van der Waals surface area (Å²) in [5.74, 6) is 0. The van der Waals surface area contributed by atoms with Crippen LogP contribution in [0.25, 0.3) is 122 Å². The van der Waals surface area contributed by atoms with Crippen LogP contribution in [0.4, 0.5) is 0 Å². The van der Waals surface area contributed by atoms with E-state index in [1.54, 1.807) is 0 Å². The van der Waals surface area contributed by atoms with Crippen molar-refractivity contribution in [3.8, 4) is 33.6 Å². The van der Waals surface area contributed by atoms with Gasteiger partial charge in [-0.05, 0) is 90.0 Å². The summed E-state index contributed by atoms with van der Waals surface area (Å²) in [5, 5.41) is 6.42. The quantitative estimate of drug-likeness (QED) is 0.181. The van der Waals surface area contributed by atoms with E-state index in [4.69, 9.17) is 13.3 Å². The van der Waals surface area contributed by atoms with Crippen molar-refractivity contribution in [2.75, 3.05) is 0 Å². The maximum absolute atomic E-state index is 6.96. The molecule has 5 heteroatoms. The van der Waals surface area contributed by atoms with Gasteiger partial charge in [0.25, 0.3) is 0 Å². The molecule has 57 heavy (non-hydrogen) atoms. The largest absolute Gasteiger partial charge is 0.455 e. The lowest BCUT2D eigenvalue weighted by Crippen LogP contribution is -1.93. The molecular formula is C52H30N2O3. The van der Waals surface area contributed by atoms with Gasteiger partial charge in [0.2, 0.25) is 0 Å². The summed E-state index contributed by atoms with van der Waals surface area (Å²) in [5.41, 5.74) is 15.8. The standard InChI is InChI=1S/C52H30N2O3/c1-3-14-32(15-4-1)53-42-23-10-7-18-37(42)51-47(53)40-27-26-31(30-45(40)56-51)34-28-29-36(50-46(34)39-20-9-12-25-44(39)55-50)35-21-13-22-41-48-52(57-49(35)41)38-19-8-11-24-43(38)54(48)33-16-5-2-6-17-33/h1-30H. The van der Waals surface area contributed by atoms with Crippen LogP contribution in [0.5, 0.6) is 0 Å². The molecule has 0 radical (unpaired) electrons. The average molecular weight is 731 g/mol. The maximum Gasteiger partial charge on any atom is 0.161 e. The third-order valence-corrected chi connectivity index (χ3v) is 11.7.